The van der Waals surface area contributed by atoms with Crippen molar-refractivity contribution in [3.05, 3.63) is 76.3 Å². The molecule has 0 saturated carbocycles. The summed E-state index contributed by atoms with van der Waals surface area (Å²) < 4.78 is 28.8. The summed E-state index contributed by atoms with van der Waals surface area (Å²) in [4.78, 5) is 0. The number of ether oxygens (including phenoxy) is 5. The number of rotatable bonds is 10. The first kappa shape index (κ1) is 23.4. The lowest BCUT2D eigenvalue weighted by Crippen LogP contribution is -2.29. The molecule has 0 fully saturated rings. The highest BCUT2D eigenvalue weighted by molar-refractivity contribution is 6.37. The van der Waals surface area contributed by atoms with Crippen molar-refractivity contribution >= 4 is 23.2 Å². The van der Waals surface area contributed by atoms with Gasteiger partial charge < -0.3 is 23.7 Å². The highest BCUT2D eigenvalue weighted by atomic mass is 35.5. The Bertz CT molecular complexity index is 1060. The molecule has 0 unspecified atom stereocenters. The second kappa shape index (κ2) is 10.4. The van der Waals surface area contributed by atoms with Gasteiger partial charge in [0, 0.05) is 32.0 Å². The van der Waals surface area contributed by atoms with Crippen molar-refractivity contribution in [1.82, 2.24) is 0 Å². The average Bonchev–Trinajstić information content (AvgIpc) is 3.10. The van der Waals surface area contributed by atoms with Gasteiger partial charge in [-0.1, -0.05) is 53.5 Å². The molecule has 3 aromatic rings. The minimum absolute atomic E-state index is 0.421. The average molecular weight is 489 g/mol. The number of halogens is 2. The Morgan fingerprint density at radius 2 is 1.39 bits per heavy atom. The molecule has 0 saturated heterocycles. The Labute approximate surface area is 204 Å². The normalized spacial score (nSPS) is 13.6. The van der Waals surface area contributed by atoms with Gasteiger partial charge in [0.1, 0.15) is 18.1 Å². The molecule has 3 aromatic carbocycles. The van der Waals surface area contributed by atoms with E-state index >= 15 is 0 Å². The Hall–Kier alpha value is -2.76. The summed E-state index contributed by atoms with van der Waals surface area (Å²) >= 11 is 12.7. The standard InChI is InChI=1S/C26H26Cl2O5/c1-26(2)32-23-11-10-19(16-24(23)33-26)29-12-6-7-13-30-25-21(27)14-20(15-22(25)28)31-17-18-8-4-3-5-9-18/h3-5,8-11,14-16H,6-7,12-13,17H2,1-2H3. The molecule has 1 heterocycles. The lowest BCUT2D eigenvalue weighted by Gasteiger charge is -2.16. The van der Waals surface area contributed by atoms with Gasteiger partial charge in [0.05, 0.1) is 23.3 Å². The third-order valence-electron chi connectivity index (χ3n) is 4.90. The molecule has 0 N–H and O–H groups in total. The monoisotopic (exact) mass is 488 g/mol. The van der Waals surface area contributed by atoms with Crippen LogP contribution in [0, 0.1) is 0 Å². The van der Waals surface area contributed by atoms with Gasteiger partial charge in [-0.15, -0.1) is 0 Å². The van der Waals surface area contributed by atoms with E-state index in [-0.39, 0.29) is 0 Å². The third kappa shape index (κ3) is 6.40. The molecule has 1 aliphatic heterocycles. The van der Waals surface area contributed by atoms with E-state index in [0.717, 1.165) is 29.9 Å². The first-order valence-electron chi connectivity index (χ1n) is 10.8. The zero-order valence-corrected chi connectivity index (χ0v) is 20.1. The molecule has 33 heavy (non-hydrogen) atoms. The highest BCUT2D eigenvalue weighted by Crippen LogP contribution is 2.41. The molecule has 7 heteroatoms. The summed E-state index contributed by atoms with van der Waals surface area (Å²) in [7, 11) is 0. The SMILES string of the molecule is CC1(C)Oc2ccc(OCCCCOc3c(Cl)cc(OCc4ccccc4)cc3Cl)cc2O1. The lowest BCUT2D eigenvalue weighted by molar-refractivity contribution is -0.0431. The summed E-state index contributed by atoms with van der Waals surface area (Å²) in [6, 6.07) is 18.9. The van der Waals surface area contributed by atoms with E-state index in [9.17, 15) is 0 Å². The molecule has 0 aliphatic carbocycles. The number of hydrogen-bond acceptors (Lipinski definition) is 5. The van der Waals surface area contributed by atoms with Crippen LogP contribution in [-0.4, -0.2) is 19.0 Å². The van der Waals surface area contributed by atoms with Gasteiger partial charge in [0.2, 0.25) is 5.79 Å². The Kier molecular flexibility index (Phi) is 7.41. The fourth-order valence-electron chi connectivity index (χ4n) is 3.36. The van der Waals surface area contributed by atoms with E-state index in [0.29, 0.717) is 47.1 Å². The molecular formula is C26H26Cl2O5. The van der Waals surface area contributed by atoms with Crippen LogP contribution in [0.3, 0.4) is 0 Å². The van der Waals surface area contributed by atoms with Crippen molar-refractivity contribution in [1.29, 1.82) is 0 Å². The second-order valence-corrected chi connectivity index (χ2v) is 8.92. The van der Waals surface area contributed by atoms with Crippen LogP contribution in [0.25, 0.3) is 0 Å². The number of unbranched alkanes of at least 4 members (excludes halogenated alkanes) is 1. The summed E-state index contributed by atoms with van der Waals surface area (Å²) in [5, 5.41) is 0.843. The Balaban J connectivity index is 1.19. The van der Waals surface area contributed by atoms with Crippen molar-refractivity contribution in [3.8, 4) is 28.7 Å². The molecule has 1 aliphatic rings. The van der Waals surface area contributed by atoms with Gasteiger partial charge >= 0.3 is 0 Å². The van der Waals surface area contributed by atoms with E-state index < -0.39 is 5.79 Å². The van der Waals surface area contributed by atoms with Gasteiger partial charge in [-0.2, -0.15) is 0 Å². The topological polar surface area (TPSA) is 46.2 Å². The molecule has 4 rings (SSSR count). The van der Waals surface area contributed by atoms with Gasteiger partial charge in [-0.3, -0.25) is 0 Å². The van der Waals surface area contributed by atoms with Crippen molar-refractivity contribution in [2.45, 2.75) is 39.1 Å². The van der Waals surface area contributed by atoms with E-state index in [1.54, 1.807) is 12.1 Å². The summed E-state index contributed by atoms with van der Waals surface area (Å²) in [6.07, 6.45) is 1.60. The van der Waals surface area contributed by atoms with Crippen LogP contribution in [0.4, 0.5) is 0 Å². The largest absolute Gasteiger partial charge is 0.493 e. The quantitative estimate of drug-likeness (QED) is 0.279. The van der Waals surface area contributed by atoms with E-state index in [2.05, 4.69) is 0 Å². The minimum Gasteiger partial charge on any atom is -0.493 e. The maximum atomic E-state index is 6.37. The van der Waals surface area contributed by atoms with Crippen LogP contribution in [0.15, 0.2) is 60.7 Å². The molecule has 0 spiro atoms. The van der Waals surface area contributed by atoms with Crippen molar-refractivity contribution < 1.29 is 23.7 Å². The van der Waals surface area contributed by atoms with Crippen LogP contribution in [-0.2, 0) is 6.61 Å². The molecular weight excluding hydrogens is 463 g/mol. The van der Waals surface area contributed by atoms with Gasteiger partial charge in [0.25, 0.3) is 0 Å². The Morgan fingerprint density at radius 3 is 2.12 bits per heavy atom. The second-order valence-electron chi connectivity index (χ2n) is 8.11. The van der Waals surface area contributed by atoms with Crippen molar-refractivity contribution in [2.75, 3.05) is 13.2 Å². The van der Waals surface area contributed by atoms with Gasteiger partial charge in [-0.05, 0) is 30.5 Å². The maximum absolute atomic E-state index is 6.37. The van der Waals surface area contributed by atoms with Crippen LogP contribution in [0.1, 0.15) is 32.3 Å². The maximum Gasteiger partial charge on any atom is 0.246 e. The molecule has 0 amide bonds. The fourth-order valence-corrected chi connectivity index (χ4v) is 3.94. The van der Waals surface area contributed by atoms with Crippen molar-refractivity contribution in [2.24, 2.45) is 0 Å². The molecule has 0 bridgehead atoms. The van der Waals surface area contributed by atoms with Crippen LogP contribution in [0.2, 0.25) is 10.0 Å². The van der Waals surface area contributed by atoms with Crippen molar-refractivity contribution in [3.63, 3.8) is 0 Å². The Morgan fingerprint density at radius 1 is 0.727 bits per heavy atom. The van der Waals surface area contributed by atoms with E-state index in [4.69, 9.17) is 46.9 Å². The number of benzene rings is 3. The van der Waals surface area contributed by atoms with Gasteiger partial charge in [-0.25, -0.2) is 0 Å². The van der Waals surface area contributed by atoms with E-state index in [1.807, 2.05) is 62.4 Å². The van der Waals surface area contributed by atoms with Crippen LogP contribution >= 0.6 is 23.2 Å². The zero-order chi connectivity index (χ0) is 23.3. The third-order valence-corrected chi connectivity index (χ3v) is 5.46. The summed E-state index contributed by atoms with van der Waals surface area (Å²) in [5.74, 6) is 2.58. The van der Waals surface area contributed by atoms with Crippen LogP contribution in [0.5, 0.6) is 28.7 Å². The molecule has 0 aromatic heterocycles. The first-order chi connectivity index (χ1) is 15.9. The predicted molar refractivity (Wildman–Crippen MR) is 129 cm³/mol. The fraction of sp³-hybridized carbons (Fsp3) is 0.308. The molecule has 0 radical (unpaired) electrons. The highest BCUT2D eigenvalue weighted by Gasteiger charge is 2.31. The number of hydrogen-bond donors (Lipinski definition) is 0. The molecule has 5 nitrogen and oxygen atoms in total. The van der Waals surface area contributed by atoms with Crippen LogP contribution < -0.4 is 23.7 Å². The number of fused-ring (bicyclic) bond motifs is 1. The first-order valence-corrected chi connectivity index (χ1v) is 11.6. The lowest BCUT2D eigenvalue weighted by atomic mass is 10.2. The zero-order valence-electron chi connectivity index (χ0n) is 18.6. The van der Waals surface area contributed by atoms with Gasteiger partial charge in [0.15, 0.2) is 17.2 Å². The minimum atomic E-state index is -0.646. The van der Waals surface area contributed by atoms with E-state index in [1.165, 1.54) is 0 Å². The predicted octanol–water partition coefficient (Wildman–Crippen LogP) is 7.32. The smallest absolute Gasteiger partial charge is 0.246 e. The molecule has 0 atom stereocenters. The molecule has 174 valence electrons. The summed E-state index contributed by atoms with van der Waals surface area (Å²) in [6.45, 7) is 5.21. The summed E-state index contributed by atoms with van der Waals surface area (Å²) in [5.41, 5.74) is 1.07.